The van der Waals surface area contributed by atoms with Gasteiger partial charge in [-0.2, -0.15) is 0 Å². The molecule has 0 bridgehead atoms. The maximum absolute atomic E-state index is 12.7. The number of hydrogen-bond acceptors (Lipinski definition) is 5. The molecule has 7 aromatic carbocycles. The van der Waals surface area contributed by atoms with Crippen LogP contribution >= 0.6 is 0 Å². The minimum atomic E-state index is -0.638. The largest absolute Gasteiger partial charge is 0.512 e. The summed E-state index contributed by atoms with van der Waals surface area (Å²) in [6.07, 6.45) is 20.8. The Balaban J connectivity index is 0.000000304. The van der Waals surface area contributed by atoms with E-state index in [1.54, 1.807) is 12.4 Å². The number of esters is 1. The average Bonchev–Trinajstić information content (AvgIpc) is 1.60. The fraction of sp³-hybridized carbons (Fsp3) is 0.207. The summed E-state index contributed by atoms with van der Waals surface area (Å²) in [4.78, 5) is 21.2. The van der Waals surface area contributed by atoms with Crippen LogP contribution in [0.1, 0.15) is 162 Å². The molecule has 491 valence electrons. The Morgan fingerprint density at radius 2 is 1.11 bits per heavy atom. The zero-order valence-electron chi connectivity index (χ0n) is 57.7. The van der Waals surface area contributed by atoms with Gasteiger partial charge in [-0.15, -0.1) is 71.8 Å². The molecule has 1 radical (unpaired) electrons. The van der Waals surface area contributed by atoms with Crippen LogP contribution in [0.2, 0.25) is 0 Å². The molecule has 6 heteroatoms. The number of aliphatic hydroxyl groups is 1. The Morgan fingerprint density at radius 3 is 1.74 bits per heavy atom. The van der Waals surface area contributed by atoms with Gasteiger partial charge in [-0.3, -0.25) is 0 Å². The number of fused-ring (bicyclic) bond motifs is 8. The van der Waals surface area contributed by atoms with Crippen LogP contribution in [0.5, 0.6) is 0 Å². The average molecular weight is 1460 g/mol. The third-order valence-electron chi connectivity index (χ3n) is 20.9. The molecule has 0 fully saturated rings. The molecular weight excluding hydrogens is 1370 g/mol. The fourth-order valence-electron chi connectivity index (χ4n) is 15.6. The first-order valence-electron chi connectivity index (χ1n) is 33.9. The molecule has 2 heterocycles. The van der Waals surface area contributed by atoms with Gasteiger partial charge in [0.25, 0.3) is 0 Å². The number of pyridine rings is 2. The first-order valence-corrected chi connectivity index (χ1v) is 33.9. The van der Waals surface area contributed by atoms with Gasteiger partial charge in [0, 0.05) is 66.5 Å². The SMILES string of the molecule is C=C(CC(/C=C/C1=CC2=C(CC1)c1ccc(C3=CC4=C(CC3)c3ccccc3C4(C)C)cc1C2(C)C)c1ccc2c(c1)C(C)(C)/C(=C/C(=C)c1ccc3c(c1)C(C)(C)c1ccccc1-3)C2=C)OC(=O)/C=C(/C)O.[Ir].[c-]1ccccc1-c1ccccn1.[c-]1ccccc1-c1ccccn1. The summed E-state index contributed by atoms with van der Waals surface area (Å²) in [6.45, 7) is 33.7. The molecule has 15 rings (SSSR count). The Bertz CT molecular complexity index is 4720. The van der Waals surface area contributed by atoms with Crippen LogP contribution in [0.4, 0.5) is 0 Å². The zero-order chi connectivity index (χ0) is 68.0. The molecule has 6 aliphatic rings. The van der Waals surface area contributed by atoms with E-state index in [4.69, 9.17) is 4.74 Å². The number of carbonyl (C=O) groups excluding carboxylic acids is 1. The third kappa shape index (κ3) is 13.1. The van der Waals surface area contributed by atoms with Crippen molar-refractivity contribution in [1.29, 1.82) is 0 Å². The van der Waals surface area contributed by atoms with Crippen molar-refractivity contribution in [3.05, 3.63) is 364 Å². The molecule has 1 unspecified atom stereocenters. The standard InChI is InChI=1S/C70H68O3.2C11H8N.Ir/c1-41(46-24-30-55-52-17-13-15-19-58(52)67(5,6)63(55)37-46)33-60-44(4)51-29-25-48(38-62(51)69(60,9)10)47(35-43(3)73-66(72)34-42(2)71)23-21-45-22-28-54-57-32-27-50(40-65(57)70(11,12)61(54)36-45)49-26-31-56-53-18-14-16-20-59(53)68(7,8)64(56)39-49;2*1-2-6-10(7-3-1)11-8-4-5-9-12-11;/h13-21,23-25,27,29-30,32-34,36-40,47,71H,1,3-4,22,26,28,31,35H2,2,5-12H3;2*1-6,8-9H;/q;2*-1;/b23-21+,42-34-,60-33+;;;. The molecule has 5 nitrogen and oxygen atoms in total. The third-order valence-corrected chi connectivity index (χ3v) is 20.9. The van der Waals surface area contributed by atoms with Crippen LogP contribution in [0.25, 0.3) is 61.5 Å². The molecule has 2 aromatic heterocycles. The topological polar surface area (TPSA) is 72.3 Å². The van der Waals surface area contributed by atoms with Crippen LogP contribution in [0.3, 0.4) is 0 Å². The number of allylic oxidation sites excluding steroid dienone is 16. The summed E-state index contributed by atoms with van der Waals surface area (Å²) in [6, 6.07) is 72.1. The van der Waals surface area contributed by atoms with Gasteiger partial charge >= 0.3 is 5.97 Å². The minimum absolute atomic E-state index is 0. The second-order valence-electron chi connectivity index (χ2n) is 28.5. The van der Waals surface area contributed by atoms with E-state index in [1.165, 1.54) is 96.0 Å². The molecule has 1 N–H and O–H groups in total. The number of rotatable bonds is 12. The Kier molecular flexibility index (Phi) is 19.2. The normalized spacial score (nSPS) is 17.4. The van der Waals surface area contributed by atoms with E-state index in [1.807, 2.05) is 84.9 Å². The smallest absolute Gasteiger partial charge is 0.339 e. The van der Waals surface area contributed by atoms with E-state index >= 15 is 0 Å². The first-order chi connectivity index (χ1) is 46.6. The molecule has 0 aliphatic heterocycles. The number of nitrogens with zero attached hydrogens (tertiary/aromatic N) is 2. The Labute approximate surface area is 594 Å². The number of aliphatic hydroxyl groups excluding tert-OH is 1. The minimum Gasteiger partial charge on any atom is -0.512 e. The molecule has 9 aromatic rings. The van der Waals surface area contributed by atoms with Gasteiger partial charge in [-0.25, -0.2) is 4.79 Å². The number of ether oxygens (including phenoxy) is 1. The van der Waals surface area contributed by atoms with Gasteiger partial charge < -0.3 is 19.8 Å². The summed E-state index contributed by atoms with van der Waals surface area (Å²) >= 11 is 0. The molecule has 1 atom stereocenters. The molecule has 0 spiro atoms. The van der Waals surface area contributed by atoms with E-state index in [2.05, 4.69) is 231 Å². The number of hydrogen-bond donors (Lipinski definition) is 1. The zero-order valence-corrected chi connectivity index (χ0v) is 60.1. The van der Waals surface area contributed by atoms with Crippen molar-refractivity contribution in [2.24, 2.45) is 0 Å². The second kappa shape index (κ2) is 27.6. The molecule has 6 aliphatic carbocycles. The molecule has 0 amide bonds. The van der Waals surface area contributed by atoms with E-state index in [0.717, 1.165) is 87.7 Å². The summed E-state index contributed by atoms with van der Waals surface area (Å²) in [5.74, 6) is -0.562. The second-order valence-corrected chi connectivity index (χ2v) is 28.5. The molecule has 0 saturated carbocycles. The van der Waals surface area contributed by atoms with Gasteiger partial charge in [0.2, 0.25) is 0 Å². The predicted octanol–water partition coefficient (Wildman–Crippen LogP) is 23.0. The maximum atomic E-state index is 12.7. The maximum Gasteiger partial charge on any atom is 0.339 e. The Hall–Kier alpha value is -9.84. The van der Waals surface area contributed by atoms with Gasteiger partial charge in [-0.1, -0.05) is 221 Å². The van der Waals surface area contributed by atoms with Crippen LogP contribution in [0.15, 0.2) is 290 Å². The van der Waals surface area contributed by atoms with Crippen molar-refractivity contribution in [3.63, 3.8) is 0 Å². The summed E-state index contributed by atoms with van der Waals surface area (Å²) < 4.78 is 5.67. The molecule has 0 saturated heterocycles. The van der Waals surface area contributed by atoms with Crippen molar-refractivity contribution in [3.8, 4) is 33.6 Å². The van der Waals surface area contributed by atoms with Crippen LogP contribution in [-0.2, 0) is 51.3 Å². The summed E-state index contributed by atoms with van der Waals surface area (Å²) in [5, 5.41) is 9.81. The van der Waals surface area contributed by atoms with Crippen molar-refractivity contribution in [1.82, 2.24) is 9.97 Å². The Morgan fingerprint density at radius 1 is 0.571 bits per heavy atom. The van der Waals surface area contributed by atoms with Crippen molar-refractivity contribution < 1.29 is 34.7 Å². The van der Waals surface area contributed by atoms with E-state index in [0.29, 0.717) is 12.2 Å². The number of carbonyl (C=O) groups is 1. The van der Waals surface area contributed by atoms with Gasteiger partial charge in [-0.05, 0) is 191 Å². The fourth-order valence-corrected chi connectivity index (χ4v) is 15.6. The van der Waals surface area contributed by atoms with E-state index < -0.39 is 5.97 Å². The quantitative estimate of drug-likeness (QED) is 0.0571. The predicted molar refractivity (Wildman–Crippen MR) is 402 cm³/mol. The van der Waals surface area contributed by atoms with Crippen molar-refractivity contribution in [2.75, 3.05) is 0 Å². The number of benzene rings is 7. The van der Waals surface area contributed by atoms with Crippen LogP contribution in [0, 0.1) is 12.1 Å². The molecular formula is C92H84IrN2O3-2. The van der Waals surface area contributed by atoms with Crippen molar-refractivity contribution >= 4 is 33.8 Å². The molecule has 98 heavy (non-hydrogen) atoms. The van der Waals surface area contributed by atoms with E-state index in [-0.39, 0.29) is 53.4 Å². The van der Waals surface area contributed by atoms with Crippen LogP contribution < -0.4 is 0 Å². The van der Waals surface area contributed by atoms with Gasteiger partial charge in [0.15, 0.2) is 0 Å². The monoisotopic (exact) mass is 1460 g/mol. The van der Waals surface area contributed by atoms with Gasteiger partial charge in [0.05, 0.1) is 11.8 Å². The van der Waals surface area contributed by atoms with Gasteiger partial charge in [0.1, 0.15) is 5.76 Å². The van der Waals surface area contributed by atoms with Crippen LogP contribution in [-0.4, -0.2) is 21.0 Å². The summed E-state index contributed by atoms with van der Waals surface area (Å²) in [5.41, 5.74) is 31.9. The summed E-state index contributed by atoms with van der Waals surface area (Å²) in [7, 11) is 0. The van der Waals surface area contributed by atoms with E-state index in [9.17, 15) is 9.90 Å². The number of aromatic nitrogens is 2. The first kappa shape index (κ1) is 68.1. The van der Waals surface area contributed by atoms with Crippen molar-refractivity contribution in [2.45, 2.75) is 122 Å².